The van der Waals surface area contributed by atoms with E-state index >= 15 is 0 Å². The third kappa shape index (κ3) is 5.80. The van der Waals surface area contributed by atoms with E-state index in [2.05, 4.69) is 17.6 Å². The Bertz CT molecular complexity index is 320. The number of rotatable bonds is 7. The number of amides is 2. The van der Waals surface area contributed by atoms with Crippen molar-refractivity contribution in [3.8, 4) is 0 Å². The fourth-order valence-corrected chi connectivity index (χ4v) is 2.80. The zero-order chi connectivity index (χ0) is 15.0. The number of nitrogens with one attached hydrogen (secondary N) is 2. The van der Waals surface area contributed by atoms with E-state index < -0.39 is 12.0 Å². The Morgan fingerprint density at radius 1 is 1.30 bits per heavy atom. The van der Waals surface area contributed by atoms with E-state index in [0.29, 0.717) is 24.8 Å². The van der Waals surface area contributed by atoms with Crippen molar-refractivity contribution in [1.82, 2.24) is 10.6 Å². The lowest BCUT2D eigenvalue weighted by atomic mass is 9.80. The van der Waals surface area contributed by atoms with Gasteiger partial charge in [-0.1, -0.05) is 46.0 Å². The molecule has 2 unspecified atom stereocenters. The highest BCUT2D eigenvalue weighted by Gasteiger charge is 2.23. The molecule has 0 aromatic heterocycles. The molecule has 20 heavy (non-hydrogen) atoms. The standard InChI is InChI=1S/C15H28N2O3/c1-3-4-9-13(14(18)19)17-15(20)16-10-12-8-6-5-7-11(12)2/h11-13H,3-10H2,1-2H3,(H,18,19)(H2,16,17,20)/t11?,12?,13-/m0/s1. The van der Waals surface area contributed by atoms with Gasteiger partial charge < -0.3 is 15.7 Å². The van der Waals surface area contributed by atoms with Crippen molar-refractivity contribution in [2.45, 2.75) is 64.8 Å². The van der Waals surface area contributed by atoms with Gasteiger partial charge in [0.15, 0.2) is 0 Å². The number of urea groups is 1. The molecule has 1 aliphatic carbocycles. The monoisotopic (exact) mass is 284 g/mol. The summed E-state index contributed by atoms with van der Waals surface area (Å²) < 4.78 is 0. The van der Waals surface area contributed by atoms with Gasteiger partial charge in [0.2, 0.25) is 0 Å². The summed E-state index contributed by atoms with van der Waals surface area (Å²) in [6.07, 6.45) is 7.10. The molecule has 0 aromatic carbocycles. The number of carbonyl (C=O) groups is 2. The van der Waals surface area contributed by atoms with Crippen LogP contribution in [0.3, 0.4) is 0 Å². The molecule has 116 valence electrons. The largest absolute Gasteiger partial charge is 0.480 e. The van der Waals surface area contributed by atoms with Crippen LogP contribution in [0.25, 0.3) is 0 Å². The summed E-state index contributed by atoms with van der Waals surface area (Å²) in [4.78, 5) is 22.8. The van der Waals surface area contributed by atoms with Gasteiger partial charge in [-0.05, 0) is 24.7 Å². The van der Waals surface area contributed by atoms with E-state index in [1.165, 1.54) is 19.3 Å². The normalized spacial score (nSPS) is 23.9. The van der Waals surface area contributed by atoms with Crippen molar-refractivity contribution in [1.29, 1.82) is 0 Å². The first-order chi connectivity index (χ1) is 9.54. The number of carboxylic acid groups (broad SMARTS) is 1. The highest BCUT2D eigenvalue weighted by molar-refractivity contribution is 5.82. The quantitative estimate of drug-likeness (QED) is 0.672. The SMILES string of the molecule is CCCC[C@H](NC(=O)NCC1CCCCC1C)C(=O)O. The van der Waals surface area contributed by atoms with Crippen molar-refractivity contribution in [2.75, 3.05) is 6.54 Å². The van der Waals surface area contributed by atoms with Gasteiger partial charge in [0.25, 0.3) is 0 Å². The predicted molar refractivity (Wildman–Crippen MR) is 78.6 cm³/mol. The first kappa shape index (κ1) is 16.8. The van der Waals surface area contributed by atoms with Crippen molar-refractivity contribution in [2.24, 2.45) is 11.8 Å². The van der Waals surface area contributed by atoms with Crippen LogP contribution in [0.5, 0.6) is 0 Å². The minimum Gasteiger partial charge on any atom is -0.480 e. The first-order valence-corrected chi connectivity index (χ1v) is 7.81. The van der Waals surface area contributed by atoms with Crippen LogP contribution in [0.4, 0.5) is 4.79 Å². The molecular weight excluding hydrogens is 256 g/mol. The van der Waals surface area contributed by atoms with Crippen LogP contribution in [-0.2, 0) is 4.79 Å². The summed E-state index contributed by atoms with van der Waals surface area (Å²) >= 11 is 0. The van der Waals surface area contributed by atoms with Gasteiger partial charge in [0, 0.05) is 6.54 Å². The molecule has 0 bridgehead atoms. The maximum atomic E-state index is 11.8. The Balaban J connectivity index is 2.31. The van der Waals surface area contributed by atoms with Crippen LogP contribution >= 0.6 is 0 Å². The van der Waals surface area contributed by atoms with Crippen LogP contribution in [0.15, 0.2) is 0 Å². The van der Waals surface area contributed by atoms with Crippen molar-refractivity contribution in [3.63, 3.8) is 0 Å². The van der Waals surface area contributed by atoms with Crippen LogP contribution in [0.1, 0.15) is 58.8 Å². The van der Waals surface area contributed by atoms with Crippen LogP contribution in [0.2, 0.25) is 0 Å². The highest BCUT2D eigenvalue weighted by atomic mass is 16.4. The summed E-state index contributed by atoms with van der Waals surface area (Å²) in [6.45, 7) is 4.88. The second-order valence-corrected chi connectivity index (χ2v) is 5.91. The van der Waals surface area contributed by atoms with Crippen LogP contribution in [-0.4, -0.2) is 29.7 Å². The Hall–Kier alpha value is -1.26. The minimum absolute atomic E-state index is 0.355. The minimum atomic E-state index is -0.959. The molecule has 1 rings (SSSR count). The van der Waals surface area contributed by atoms with Gasteiger partial charge in [-0.3, -0.25) is 0 Å². The molecule has 1 aliphatic rings. The third-order valence-corrected chi connectivity index (χ3v) is 4.26. The summed E-state index contributed by atoms with van der Waals surface area (Å²) in [5.74, 6) is 0.201. The van der Waals surface area contributed by atoms with Crippen molar-refractivity contribution in [3.05, 3.63) is 0 Å². The van der Waals surface area contributed by atoms with E-state index in [4.69, 9.17) is 5.11 Å². The third-order valence-electron chi connectivity index (χ3n) is 4.26. The van der Waals surface area contributed by atoms with E-state index in [1.807, 2.05) is 6.92 Å². The van der Waals surface area contributed by atoms with Gasteiger partial charge in [-0.25, -0.2) is 9.59 Å². The van der Waals surface area contributed by atoms with E-state index in [0.717, 1.165) is 19.3 Å². The Labute approximate surface area is 121 Å². The average molecular weight is 284 g/mol. The van der Waals surface area contributed by atoms with Gasteiger partial charge in [-0.15, -0.1) is 0 Å². The summed E-state index contributed by atoms with van der Waals surface area (Å²) in [7, 11) is 0. The Kier molecular flexibility index (Phi) is 7.41. The van der Waals surface area contributed by atoms with Gasteiger partial charge in [-0.2, -0.15) is 0 Å². The molecule has 0 aromatic rings. The van der Waals surface area contributed by atoms with Crippen LogP contribution < -0.4 is 10.6 Å². The van der Waals surface area contributed by atoms with Crippen molar-refractivity contribution < 1.29 is 14.7 Å². The molecule has 2 amide bonds. The highest BCUT2D eigenvalue weighted by Crippen LogP contribution is 2.28. The molecular formula is C15H28N2O3. The number of hydrogen-bond acceptors (Lipinski definition) is 2. The molecule has 3 atom stereocenters. The second-order valence-electron chi connectivity index (χ2n) is 5.91. The molecule has 5 nitrogen and oxygen atoms in total. The summed E-state index contributed by atoms with van der Waals surface area (Å²) in [5.41, 5.74) is 0. The molecule has 5 heteroatoms. The lowest BCUT2D eigenvalue weighted by Gasteiger charge is -2.29. The number of aliphatic carboxylic acids is 1. The van der Waals surface area contributed by atoms with E-state index in [9.17, 15) is 9.59 Å². The Morgan fingerprint density at radius 2 is 2.00 bits per heavy atom. The summed E-state index contributed by atoms with van der Waals surface area (Å²) in [6, 6.07) is -1.13. The van der Waals surface area contributed by atoms with Gasteiger partial charge in [0.05, 0.1) is 0 Å². The molecule has 0 radical (unpaired) electrons. The molecule has 0 heterocycles. The molecule has 1 fully saturated rings. The number of hydrogen-bond donors (Lipinski definition) is 3. The maximum Gasteiger partial charge on any atom is 0.326 e. The number of carboxylic acids is 1. The number of carbonyl (C=O) groups excluding carboxylic acids is 1. The van der Waals surface area contributed by atoms with Gasteiger partial charge >= 0.3 is 12.0 Å². The lowest BCUT2D eigenvalue weighted by Crippen LogP contribution is -2.47. The molecule has 3 N–H and O–H groups in total. The molecule has 0 spiro atoms. The average Bonchev–Trinajstić information content (AvgIpc) is 2.42. The fourth-order valence-electron chi connectivity index (χ4n) is 2.80. The zero-order valence-corrected chi connectivity index (χ0v) is 12.7. The fraction of sp³-hybridized carbons (Fsp3) is 0.867. The topological polar surface area (TPSA) is 78.4 Å². The van der Waals surface area contributed by atoms with Gasteiger partial charge in [0.1, 0.15) is 6.04 Å². The van der Waals surface area contributed by atoms with E-state index in [1.54, 1.807) is 0 Å². The lowest BCUT2D eigenvalue weighted by molar-refractivity contribution is -0.139. The zero-order valence-electron chi connectivity index (χ0n) is 12.7. The predicted octanol–water partition coefficient (Wildman–Crippen LogP) is 2.76. The van der Waals surface area contributed by atoms with Crippen molar-refractivity contribution >= 4 is 12.0 Å². The molecule has 0 saturated heterocycles. The first-order valence-electron chi connectivity index (χ1n) is 7.81. The van der Waals surface area contributed by atoms with Crippen LogP contribution in [0, 0.1) is 11.8 Å². The smallest absolute Gasteiger partial charge is 0.326 e. The van der Waals surface area contributed by atoms with E-state index in [-0.39, 0.29) is 6.03 Å². The summed E-state index contributed by atoms with van der Waals surface area (Å²) in [5, 5.41) is 14.5. The molecule has 1 saturated carbocycles. The maximum absolute atomic E-state index is 11.8. The second kappa shape index (κ2) is 8.82. The Morgan fingerprint density at radius 3 is 2.60 bits per heavy atom. The number of unbranched alkanes of at least 4 members (excludes halogenated alkanes) is 1. The molecule has 0 aliphatic heterocycles.